The molecule has 0 aliphatic heterocycles. The third-order valence-corrected chi connectivity index (χ3v) is 6.84. The summed E-state index contributed by atoms with van der Waals surface area (Å²) in [5, 5.41) is 6.88. The first-order valence-electron chi connectivity index (χ1n) is 13.3. The lowest BCUT2D eigenvalue weighted by Crippen LogP contribution is -2.27. The summed E-state index contributed by atoms with van der Waals surface area (Å²) in [5.74, 6) is 1.16. The molecule has 2 aromatic heterocycles. The van der Waals surface area contributed by atoms with Gasteiger partial charge in [-0.2, -0.15) is 0 Å². The molecule has 1 amide bonds. The fourth-order valence-electron chi connectivity index (χ4n) is 4.47. The lowest BCUT2D eigenvalue weighted by atomic mass is 10.0. The van der Waals surface area contributed by atoms with E-state index in [-0.39, 0.29) is 5.56 Å². The molecule has 0 unspecified atom stereocenters. The monoisotopic (exact) mass is 583 g/mol. The Hall–Kier alpha value is -4.96. The molecule has 214 valence electrons. The van der Waals surface area contributed by atoms with Crippen LogP contribution in [-0.2, 0) is 34.2 Å². The topological polar surface area (TPSA) is 114 Å². The molecule has 3 N–H and O–H groups in total. The SMILES string of the molecule is Cn1cc(-c2cc([S+]=O)ccc2Oc2cccc(NCc3ccc(NC(=O)OC(C)(C)C)cc3)c2)c2cc[nH]c2c1=O. The van der Waals surface area contributed by atoms with Gasteiger partial charge in [0.1, 0.15) is 22.6 Å². The molecule has 2 heterocycles. The van der Waals surface area contributed by atoms with E-state index < -0.39 is 11.7 Å². The van der Waals surface area contributed by atoms with Gasteiger partial charge in [-0.1, -0.05) is 18.2 Å². The Kier molecular flexibility index (Phi) is 8.08. The number of carbonyl (C=O) groups excluding carboxylic acids is 1. The van der Waals surface area contributed by atoms with Crippen molar-refractivity contribution in [3.8, 4) is 22.6 Å². The molecule has 0 fully saturated rings. The van der Waals surface area contributed by atoms with Gasteiger partial charge in [0, 0.05) is 76.3 Å². The van der Waals surface area contributed by atoms with Crippen molar-refractivity contribution in [1.82, 2.24) is 9.55 Å². The minimum absolute atomic E-state index is 0.136. The van der Waals surface area contributed by atoms with Crippen LogP contribution in [0.4, 0.5) is 16.2 Å². The van der Waals surface area contributed by atoms with E-state index in [0.29, 0.717) is 51.4 Å². The molecule has 42 heavy (non-hydrogen) atoms. The Morgan fingerprint density at radius 3 is 2.50 bits per heavy atom. The van der Waals surface area contributed by atoms with Crippen molar-refractivity contribution in [1.29, 1.82) is 0 Å². The van der Waals surface area contributed by atoms with Crippen molar-refractivity contribution >= 4 is 40.0 Å². The van der Waals surface area contributed by atoms with Gasteiger partial charge in [-0.3, -0.25) is 10.1 Å². The first kappa shape index (κ1) is 28.6. The predicted molar refractivity (Wildman–Crippen MR) is 165 cm³/mol. The third kappa shape index (κ3) is 6.67. The average Bonchev–Trinajstić information content (AvgIpc) is 3.45. The van der Waals surface area contributed by atoms with Gasteiger partial charge in [0.05, 0.1) is 0 Å². The zero-order valence-electron chi connectivity index (χ0n) is 23.7. The molecular weight excluding hydrogens is 552 g/mol. The molecule has 0 radical (unpaired) electrons. The van der Waals surface area contributed by atoms with Crippen LogP contribution in [0.2, 0.25) is 0 Å². The van der Waals surface area contributed by atoms with Crippen molar-refractivity contribution in [2.75, 3.05) is 10.6 Å². The van der Waals surface area contributed by atoms with Crippen LogP contribution >= 0.6 is 0 Å². The summed E-state index contributed by atoms with van der Waals surface area (Å²) in [6.45, 7) is 6.01. The number of aromatic nitrogens is 2. The summed E-state index contributed by atoms with van der Waals surface area (Å²) in [4.78, 5) is 28.2. The molecule has 0 saturated carbocycles. The highest BCUT2D eigenvalue weighted by molar-refractivity contribution is 7.65. The number of aryl methyl sites for hydroxylation is 1. The summed E-state index contributed by atoms with van der Waals surface area (Å²) in [6.07, 6.45) is 2.98. The van der Waals surface area contributed by atoms with Crippen LogP contribution in [0.25, 0.3) is 22.0 Å². The summed E-state index contributed by atoms with van der Waals surface area (Å²) in [5.41, 5.74) is 3.79. The van der Waals surface area contributed by atoms with Crippen LogP contribution in [0.15, 0.2) is 94.9 Å². The second-order valence-electron chi connectivity index (χ2n) is 10.8. The van der Waals surface area contributed by atoms with Crippen LogP contribution in [0, 0.1) is 0 Å². The molecular formula is C32H31N4O5S+. The van der Waals surface area contributed by atoms with Gasteiger partial charge in [0.2, 0.25) is 0 Å². The number of amides is 1. The van der Waals surface area contributed by atoms with E-state index in [1.54, 1.807) is 37.6 Å². The maximum absolute atomic E-state index is 12.6. The number of hydrogen-bond donors (Lipinski definition) is 3. The number of ether oxygens (including phenoxy) is 2. The molecule has 0 aliphatic carbocycles. The van der Waals surface area contributed by atoms with E-state index in [0.717, 1.165) is 22.2 Å². The standard InChI is InChI=1S/C32H30N4O5S/c1-32(2,3)41-31(38)35-21-10-8-20(9-11-21)18-34-22-6-5-7-23(16-22)40-28-13-12-24(42-39)17-26(28)27-19-36(4)30(37)29-25(27)14-15-33-29/h5-17,19,34H,18H2,1-4H3,(H-,33,35,37,38)/p+1. The number of anilines is 2. The van der Waals surface area contributed by atoms with Crippen molar-refractivity contribution in [2.45, 2.75) is 37.8 Å². The third-order valence-electron chi connectivity index (χ3n) is 6.39. The normalized spacial score (nSPS) is 11.2. The highest BCUT2D eigenvalue weighted by atomic mass is 32.1. The van der Waals surface area contributed by atoms with E-state index in [4.69, 9.17) is 9.47 Å². The number of hydrogen-bond acceptors (Lipinski definition) is 6. The number of pyridine rings is 1. The van der Waals surface area contributed by atoms with Crippen LogP contribution in [0.1, 0.15) is 26.3 Å². The quantitative estimate of drug-likeness (QED) is 0.168. The highest BCUT2D eigenvalue weighted by Gasteiger charge is 2.19. The predicted octanol–water partition coefficient (Wildman–Crippen LogP) is 7.07. The number of nitrogens with one attached hydrogen (secondary N) is 3. The van der Waals surface area contributed by atoms with Crippen molar-refractivity contribution in [3.05, 3.63) is 101 Å². The van der Waals surface area contributed by atoms with E-state index in [2.05, 4.69) is 15.6 Å². The van der Waals surface area contributed by atoms with Crippen LogP contribution in [0.3, 0.4) is 0 Å². The summed E-state index contributed by atoms with van der Waals surface area (Å²) < 4.78 is 24.8. The van der Waals surface area contributed by atoms with Crippen LogP contribution in [-0.4, -0.2) is 21.2 Å². The van der Waals surface area contributed by atoms with E-state index in [1.165, 1.54) is 4.57 Å². The van der Waals surface area contributed by atoms with Crippen molar-refractivity contribution in [3.63, 3.8) is 0 Å². The molecule has 9 nitrogen and oxygen atoms in total. The number of rotatable bonds is 8. The minimum atomic E-state index is -0.566. The number of H-pyrrole nitrogens is 1. The first-order chi connectivity index (χ1) is 20.1. The van der Waals surface area contributed by atoms with Gasteiger partial charge in [-0.15, -0.1) is 0 Å². The summed E-state index contributed by atoms with van der Waals surface area (Å²) in [7, 11) is 1.69. The van der Waals surface area contributed by atoms with Gasteiger partial charge < -0.3 is 24.3 Å². The number of fused-ring (bicyclic) bond motifs is 1. The van der Waals surface area contributed by atoms with Gasteiger partial charge in [0.15, 0.2) is 0 Å². The van der Waals surface area contributed by atoms with Crippen molar-refractivity contribution < 1.29 is 18.5 Å². The second-order valence-corrected chi connectivity index (χ2v) is 11.4. The summed E-state index contributed by atoms with van der Waals surface area (Å²) in [6, 6.07) is 22.2. The number of nitrogens with zero attached hydrogens (tertiary/aromatic N) is 1. The zero-order chi connectivity index (χ0) is 29.9. The minimum Gasteiger partial charge on any atom is -0.457 e. The van der Waals surface area contributed by atoms with Crippen LogP contribution < -0.4 is 20.9 Å². The molecule has 0 spiro atoms. The maximum atomic E-state index is 12.6. The van der Waals surface area contributed by atoms with Gasteiger partial charge >= 0.3 is 17.8 Å². The smallest absolute Gasteiger partial charge is 0.457 e. The molecule has 0 aliphatic rings. The fraction of sp³-hybridized carbons (Fsp3) is 0.188. The molecule has 0 atom stereocenters. The second kappa shape index (κ2) is 11.9. The molecule has 10 heteroatoms. The van der Waals surface area contributed by atoms with E-state index >= 15 is 0 Å². The molecule has 0 bridgehead atoms. The zero-order valence-corrected chi connectivity index (χ0v) is 24.5. The molecule has 0 saturated heterocycles. The lowest BCUT2D eigenvalue weighted by Gasteiger charge is -2.19. The van der Waals surface area contributed by atoms with Gasteiger partial charge in [-0.25, -0.2) is 4.79 Å². The Bertz CT molecular complexity index is 1820. The Morgan fingerprint density at radius 2 is 1.76 bits per heavy atom. The fourth-order valence-corrected chi connectivity index (χ4v) is 4.76. The maximum Gasteiger partial charge on any atom is 0.505 e. The lowest BCUT2D eigenvalue weighted by molar-refractivity contribution is 0.0636. The number of aromatic amines is 1. The Morgan fingerprint density at radius 1 is 0.976 bits per heavy atom. The molecule has 5 rings (SSSR count). The first-order valence-corrected chi connectivity index (χ1v) is 14.1. The number of carbonyl (C=O) groups is 1. The molecule has 5 aromatic rings. The Labute approximate surface area is 247 Å². The molecule has 3 aromatic carbocycles. The Balaban J connectivity index is 1.32. The van der Waals surface area contributed by atoms with Crippen molar-refractivity contribution in [2.24, 2.45) is 7.05 Å². The van der Waals surface area contributed by atoms with Gasteiger partial charge in [-0.05, 0) is 62.7 Å². The average molecular weight is 584 g/mol. The number of benzene rings is 3. The van der Waals surface area contributed by atoms with E-state index in [1.807, 2.05) is 75.4 Å². The largest absolute Gasteiger partial charge is 0.505 e. The highest BCUT2D eigenvalue weighted by Crippen LogP contribution is 2.37. The summed E-state index contributed by atoms with van der Waals surface area (Å²) >= 11 is 0.401. The van der Waals surface area contributed by atoms with Crippen LogP contribution in [0.5, 0.6) is 11.5 Å². The van der Waals surface area contributed by atoms with E-state index in [9.17, 15) is 13.8 Å². The van der Waals surface area contributed by atoms with Gasteiger partial charge in [0.25, 0.3) is 10.5 Å².